The number of morpholine rings is 1. The third kappa shape index (κ3) is 5.38. The minimum atomic E-state index is -0.541. The summed E-state index contributed by atoms with van der Waals surface area (Å²) >= 11 is 2.45. The smallest absolute Gasteiger partial charge is 0.233 e. The average Bonchev–Trinajstić information content (AvgIpc) is 3.39. The van der Waals surface area contributed by atoms with Gasteiger partial charge >= 0.3 is 0 Å². The maximum absolute atomic E-state index is 13.1. The van der Waals surface area contributed by atoms with Crippen molar-refractivity contribution in [2.45, 2.75) is 10.8 Å². The molecule has 0 saturated carbocycles. The second kappa shape index (κ2) is 9.71. The molecule has 4 rings (SSSR count). The number of ether oxygens (including phenoxy) is 1. The molecule has 164 valence electrons. The van der Waals surface area contributed by atoms with Gasteiger partial charge in [0.05, 0.1) is 24.9 Å². The van der Waals surface area contributed by atoms with Gasteiger partial charge in [0.1, 0.15) is 5.82 Å². The summed E-state index contributed by atoms with van der Waals surface area (Å²) < 4.78 is 18.9. The van der Waals surface area contributed by atoms with Crippen molar-refractivity contribution < 1.29 is 23.5 Å². The topological polar surface area (TPSA) is 105 Å². The van der Waals surface area contributed by atoms with Crippen LogP contribution < -0.4 is 10.2 Å². The van der Waals surface area contributed by atoms with Crippen molar-refractivity contribution in [1.82, 2.24) is 15.1 Å². The Kier molecular flexibility index (Phi) is 6.78. The zero-order valence-electron chi connectivity index (χ0n) is 16.5. The summed E-state index contributed by atoms with van der Waals surface area (Å²) in [5.74, 6) is -1.19. The summed E-state index contributed by atoms with van der Waals surface area (Å²) in [7, 11) is 0. The molecule has 2 fully saturated rings. The maximum atomic E-state index is 13.1. The summed E-state index contributed by atoms with van der Waals surface area (Å²) in [5, 5.41) is 11.0. The molecule has 1 aromatic heterocycles. The Labute approximate surface area is 185 Å². The zero-order chi connectivity index (χ0) is 21.8. The Morgan fingerprint density at radius 3 is 2.71 bits per heavy atom. The third-order valence-corrected chi connectivity index (χ3v) is 6.91. The van der Waals surface area contributed by atoms with Crippen LogP contribution in [0.1, 0.15) is 6.42 Å². The predicted molar refractivity (Wildman–Crippen MR) is 114 cm³/mol. The van der Waals surface area contributed by atoms with E-state index in [1.165, 1.54) is 52.3 Å². The van der Waals surface area contributed by atoms with Crippen LogP contribution in [0, 0.1) is 11.7 Å². The first kappa shape index (κ1) is 21.7. The minimum absolute atomic E-state index is 0.0134. The van der Waals surface area contributed by atoms with Crippen molar-refractivity contribution in [3.8, 4) is 0 Å². The van der Waals surface area contributed by atoms with Gasteiger partial charge in [0, 0.05) is 31.7 Å². The molecule has 2 aliphatic heterocycles. The standard InChI is InChI=1S/C19H20FN5O4S2/c20-13-1-3-14(4-2-13)25-10-12(9-15(25)26)17(28)21-18-22-23-19(31-18)30-11-16(27)24-5-7-29-8-6-24/h1-4,12H,5-11H2,(H,21,22,28)/t12-/m0/s1. The van der Waals surface area contributed by atoms with Crippen LogP contribution in [0.5, 0.6) is 0 Å². The SMILES string of the molecule is O=C(Nc1nnc(SCC(=O)N2CCOCC2)s1)[C@H]1CC(=O)N(c2ccc(F)cc2)C1. The number of thioether (sulfide) groups is 1. The Morgan fingerprint density at radius 1 is 1.23 bits per heavy atom. The minimum Gasteiger partial charge on any atom is -0.378 e. The molecule has 9 nitrogen and oxygen atoms in total. The fourth-order valence-corrected chi connectivity index (χ4v) is 4.97. The molecule has 12 heteroatoms. The number of anilines is 2. The molecule has 0 radical (unpaired) electrons. The molecular formula is C19H20FN5O4S2. The van der Waals surface area contributed by atoms with Crippen LogP contribution in [0.25, 0.3) is 0 Å². The fourth-order valence-electron chi connectivity index (χ4n) is 3.31. The van der Waals surface area contributed by atoms with Gasteiger partial charge in [0.2, 0.25) is 22.9 Å². The van der Waals surface area contributed by atoms with E-state index >= 15 is 0 Å². The fraction of sp³-hybridized carbons (Fsp3) is 0.421. The first-order valence-corrected chi connectivity index (χ1v) is 11.5. The summed E-state index contributed by atoms with van der Waals surface area (Å²) in [5.41, 5.74) is 0.557. The van der Waals surface area contributed by atoms with E-state index in [9.17, 15) is 18.8 Å². The van der Waals surface area contributed by atoms with E-state index < -0.39 is 5.92 Å². The quantitative estimate of drug-likeness (QED) is 0.511. The number of nitrogens with one attached hydrogen (secondary N) is 1. The molecular weight excluding hydrogens is 445 g/mol. The summed E-state index contributed by atoms with van der Waals surface area (Å²) in [4.78, 5) is 40.3. The monoisotopic (exact) mass is 465 g/mol. The number of aromatic nitrogens is 2. The van der Waals surface area contributed by atoms with Gasteiger partial charge in [0.25, 0.3) is 0 Å². The number of halogens is 1. The number of hydrogen-bond acceptors (Lipinski definition) is 8. The Bertz CT molecular complexity index is 964. The molecule has 0 bridgehead atoms. The van der Waals surface area contributed by atoms with Crippen molar-refractivity contribution in [3.05, 3.63) is 30.1 Å². The lowest BCUT2D eigenvalue weighted by Gasteiger charge is -2.26. The van der Waals surface area contributed by atoms with E-state index in [4.69, 9.17) is 4.74 Å². The van der Waals surface area contributed by atoms with Gasteiger partial charge < -0.3 is 19.9 Å². The molecule has 2 aliphatic rings. The number of carbonyl (C=O) groups excluding carboxylic acids is 3. The number of rotatable bonds is 6. The molecule has 0 spiro atoms. The van der Waals surface area contributed by atoms with Crippen LogP contribution in [0.3, 0.4) is 0 Å². The number of hydrogen-bond donors (Lipinski definition) is 1. The number of carbonyl (C=O) groups is 3. The van der Waals surface area contributed by atoms with Crippen LogP contribution in [0.15, 0.2) is 28.6 Å². The first-order valence-electron chi connectivity index (χ1n) is 9.68. The van der Waals surface area contributed by atoms with Gasteiger partial charge in [-0.15, -0.1) is 10.2 Å². The molecule has 2 saturated heterocycles. The molecule has 3 heterocycles. The van der Waals surface area contributed by atoms with Gasteiger partial charge in [-0.2, -0.15) is 0 Å². The lowest BCUT2D eigenvalue weighted by molar-refractivity contribution is -0.132. The Morgan fingerprint density at radius 2 is 1.97 bits per heavy atom. The molecule has 2 aromatic rings. The predicted octanol–water partition coefficient (Wildman–Crippen LogP) is 1.62. The highest BCUT2D eigenvalue weighted by molar-refractivity contribution is 8.01. The first-order chi connectivity index (χ1) is 15.0. The second-order valence-corrected chi connectivity index (χ2v) is 9.23. The molecule has 1 atom stereocenters. The number of benzene rings is 1. The summed E-state index contributed by atoms with van der Waals surface area (Å²) in [6.07, 6.45) is 0.0671. The van der Waals surface area contributed by atoms with Crippen LogP contribution in [0.4, 0.5) is 15.2 Å². The van der Waals surface area contributed by atoms with Crippen LogP contribution >= 0.6 is 23.1 Å². The van der Waals surface area contributed by atoms with E-state index in [0.29, 0.717) is 41.5 Å². The van der Waals surface area contributed by atoms with E-state index in [2.05, 4.69) is 15.5 Å². The van der Waals surface area contributed by atoms with Crippen molar-refractivity contribution in [2.24, 2.45) is 5.92 Å². The third-order valence-electron chi connectivity index (χ3n) is 4.95. The van der Waals surface area contributed by atoms with Crippen molar-refractivity contribution in [1.29, 1.82) is 0 Å². The highest BCUT2D eigenvalue weighted by atomic mass is 32.2. The maximum Gasteiger partial charge on any atom is 0.233 e. The van der Waals surface area contributed by atoms with Crippen molar-refractivity contribution in [3.63, 3.8) is 0 Å². The summed E-state index contributed by atoms with van der Waals surface area (Å²) in [6.45, 7) is 2.49. The van der Waals surface area contributed by atoms with Gasteiger partial charge in [0.15, 0.2) is 4.34 Å². The van der Waals surface area contributed by atoms with Gasteiger partial charge in [-0.1, -0.05) is 23.1 Å². The lowest BCUT2D eigenvalue weighted by Crippen LogP contribution is -2.41. The molecule has 31 heavy (non-hydrogen) atoms. The van der Waals surface area contributed by atoms with E-state index in [1.54, 1.807) is 4.90 Å². The zero-order valence-corrected chi connectivity index (χ0v) is 18.1. The Balaban J connectivity index is 1.28. The molecule has 0 unspecified atom stereocenters. The molecule has 3 amide bonds. The lowest BCUT2D eigenvalue weighted by atomic mass is 10.1. The molecule has 0 aliphatic carbocycles. The van der Waals surface area contributed by atoms with Crippen molar-refractivity contribution >= 4 is 51.6 Å². The van der Waals surface area contributed by atoms with Crippen LogP contribution in [-0.2, 0) is 19.1 Å². The second-order valence-electron chi connectivity index (χ2n) is 7.03. The normalized spacial score (nSPS) is 19.0. The summed E-state index contributed by atoms with van der Waals surface area (Å²) in [6, 6.07) is 5.58. The highest BCUT2D eigenvalue weighted by Crippen LogP contribution is 2.29. The van der Waals surface area contributed by atoms with Gasteiger partial charge in [-0.3, -0.25) is 14.4 Å². The van der Waals surface area contributed by atoms with E-state index in [-0.39, 0.29) is 42.3 Å². The van der Waals surface area contributed by atoms with E-state index in [1.807, 2.05) is 0 Å². The van der Waals surface area contributed by atoms with Gasteiger partial charge in [-0.05, 0) is 24.3 Å². The van der Waals surface area contributed by atoms with Crippen LogP contribution in [0.2, 0.25) is 0 Å². The number of amides is 3. The van der Waals surface area contributed by atoms with Gasteiger partial charge in [-0.25, -0.2) is 4.39 Å². The Hall–Kier alpha value is -2.57. The highest BCUT2D eigenvalue weighted by Gasteiger charge is 2.35. The average molecular weight is 466 g/mol. The largest absolute Gasteiger partial charge is 0.378 e. The van der Waals surface area contributed by atoms with Crippen molar-refractivity contribution in [2.75, 3.05) is 48.8 Å². The number of nitrogens with zero attached hydrogens (tertiary/aromatic N) is 4. The molecule has 1 N–H and O–H groups in total. The van der Waals surface area contributed by atoms with Crippen LogP contribution in [-0.4, -0.2) is 71.4 Å². The van der Waals surface area contributed by atoms with E-state index in [0.717, 1.165) is 0 Å². The molecule has 1 aromatic carbocycles.